The zero-order valence-corrected chi connectivity index (χ0v) is 30.1. The molecule has 0 aliphatic carbocycles. The fourth-order valence-corrected chi connectivity index (χ4v) is 6.76. The first-order valence-corrected chi connectivity index (χ1v) is 17.8. The Morgan fingerprint density at radius 2 is 1.29 bits per heavy atom. The molecule has 0 saturated carbocycles. The highest BCUT2D eigenvalue weighted by atomic mass is 35.5. The monoisotopic (exact) mass is 726 g/mol. The van der Waals surface area contributed by atoms with E-state index in [1.165, 1.54) is 6.07 Å². The molecule has 1 heterocycles. The smallest absolute Gasteiger partial charge is 0.225 e. The van der Waals surface area contributed by atoms with Crippen molar-refractivity contribution in [3.8, 4) is 5.75 Å². The van der Waals surface area contributed by atoms with Crippen LogP contribution in [-0.4, -0.2) is 49.8 Å². The summed E-state index contributed by atoms with van der Waals surface area (Å²) < 4.78 is 53.6. The van der Waals surface area contributed by atoms with E-state index in [4.69, 9.17) is 40.0 Å². The van der Waals surface area contributed by atoms with Gasteiger partial charge in [-0.05, 0) is 65.4 Å². The summed E-state index contributed by atoms with van der Waals surface area (Å²) in [5, 5.41) is 11.4. The van der Waals surface area contributed by atoms with E-state index in [0.29, 0.717) is 34.7 Å². The number of aliphatic hydroxyl groups is 1. The average molecular weight is 727 g/mol. The van der Waals surface area contributed by atoms with Gasteiger partial charge in [0.15, 0.2) is 11.6 Å². The van der Waals surface area contributed by atoms with Gasteiger partial charge in [0, 0.05) is 17.7 Å². The number of halogens is 2. The Balaban J connectivity index is 1.41. The zero-order chi connectivity index (χ0) is 36.3. The van der Waals surface area contributed by atoms with Crippen molar-refractivity contribution >= 4 is 11.6 Å². The Bertz CT molecular complexity index is 1850. The normalized spacial score (nSPS) is 21.6. The number of benzene rings is 5. The van der Waals surface area contributed by atoms with Crippen molar-refractivity contribution in [1.82, 2.24) is 0 Å². The molecule has 6 rings (SSSR count). The van der Waals surface area contributed by atoms with Crippen LogP contribution in [0.15, 0.2) is 127 Å². The molecule has 0 radical (unpaired) electrons. The molecule has 1 fully saturated rings. The van der Waals surface area contributed by atoms with Crippen molar-refractivity contribution in [3.63, 3.8) is 0 Å². The Hall–Kier alpha value is -4.12. The largest absolute Gasteiger partial charge is 0.491 e. The van der Waals surface area contributed by atoms with E-state index in [2.05, 4.69) is 0 Å². The molecule has 9 heteroatoms. The fraction of sp³-hybridized carbons (Fsp3) is 0.302. The summed E-state index contributed by atoms with van der Waals surface area (Å²) in [5.41, 5.74) is 4.87. The third-order valence-corrected chi connectivity index (χ3v) is 9.52. The molecule has 7 nitrogen and oxygen atoms in total. The van der Waals surface area contributed by atoms with E-state index in [0.717, 1.165) is 16.7 Å². The van der Waals surface area contributed by atoms with Crippen LogP contribution in [0.5, 0.6) is 5.75 Å². The van der Waals surface area contributed by atoms with Gasteiger partial charge in [-0.3, -0.25) is 0 Å². The van der Waals surface area contributed by atoms with E-state index < -0.39 is 36.0 Å². The molecule has 5 aromatic rings. The van der Waals surface area contributed by atoms with Gasteiger partial charge in [-0.15, -0.1) is 0 Å². The number of hydrogen-bond acceptors (Lipinski definition) is 7. The third kappa shape index (κ3) is 8.90. The minimum Gasteiger partial charge on any atom is -0.491 e. The number of methoxy groups -OCH3 is 1. The maximum absolute atomic E-state index is 14.9. The number of rotatable bonds is 16. The third-order valence-electron chi connectivity index (χ3n) is 9.15. The highest BCUT2D eigenvalue weighted by Crippen LogP contribution is 2.44. The summed E-state index contributed by atoms with van der Waals surface area (Å²) in [6.07, 6.45) is -2.98. The van der Waals surface area contributed by atoms with Crippen molar-refractivity contribution in [2.45, 2.75) is 63.4 Å². The van der Waals surface area contributed by atoms with Gasteiger partial charge < -0.3 is 33.5 Å². The van der Waals surface area contributed by atoms with E-state index in [1.807, 2.05) is 116 Å². The minimum absolute atomic E-state index is 0.194. The Morgan fingerprint density at radius 3 is 1.83 bits per heavy atom. The van der Waals surface area contributed by atoms with Crippen LogP contribution in [0.3, 0.4) is 0 Å². The maximum Gasteiger partial charge on any atom is 0.225 e. The lowest BCUT2D eigenvalue weighted by Gasteiger charge is -2.52. The number of aliphatic hydroxyl groups excluding tert-OH is 1. The lowest BCUT2D eigenvalue weighted by atomic mass is 9.86. The molecule has 5 atom stereocenters. The molecule has 5 unspecified atom stereocenters. The van der Waals surface area contributed by atoms with E-state index in [1.54, 1.807) is 19.2 Å². The lowest BCUT2D eigenvalue weighted by molar-refractivity contribution is -0.384. The molecule has 5 aromatic carbocycles. The van der Waals surface area contributed by atoms with Gasteiger partial charge in [-0.25, -0.2) is 4.39 Å². The van der Waals surface area contributed by atoms with Crippen LogP contribution in [0.1, 0.15) is 40.3 Å². The summed E-state index contributed by atoms with van der Waals surface area (Å²) >= 11 is 6.78. The molecule has 0 aromatic heterocycles. The van der Waals surface area contributed by atoms with Crippen LogP contribution >= 0.6 is 11.6 Å². The Morgan fingerprint density at radius 1 is 0.712 bits per heavy atom. The first-order valence-electron chi connectivity index (χ1n) is 17.4. The van der Waals surface area contributed by atoms with Gasteiger partial charge in [-0.1, -0.05) is 115 Å². The second-order valence-corrected chi connectivity index (χ2v) is 13.0. The summed E-state index contributed by atoms with van der Waals surface area (Å²) in [5.74, 6) is -1.84. The average Bonchev–Trinajstić information content (AvgIpc) is 3.18. The van der Waals surface area contributed by atoms with Gasteiger partial charge in [0.05, 0.1) is 33.0 Å². The summed E-state index contributed by atoms with van der Waals surface area (Å²) in [4.78, 5) is 0. The first kappa shape index (κ1) is 37.6. The Kier molecular flexibility index (Phi) is 13.1. The maximum atomic E-state index is 14.9. The van der Waals surface area contributed by atoms with Crippen molar-refractivity contribution in [1.29, 1.82) is 0 Å². The molecular formula is C43H44ClFO7. The van der Waals surface area contributed by atoms with Gasteiger partial charge in [0.25, 0.3) is 0 Å². The van der Waals surface area contributed by atoms with Crippen LogP contribution in [0.25, 0.3) is 0 Å². The topological polar surface area (TPSA) is 75.6 Å². The summed E-state index contributed by atoms with van der Waals surface area (Å²) in [6.45, 7) is 2.50. The van der Waals surface area contributed by atoms with Gasteiger partial charge in [0.1, 0.15) is 24.4 Å². The number of hydrogen-bond donors (Lipinski definition) is 1. The van der Waals surface area contributed by atoms with E-state index in [-0.39, 0.29) is 32.2 Å². The second-order valence-electron chi connectivity index (χ2n) is 12.6. The lowest BCUT2D eigenvalue weighted by Crippen LogP contribution is -2.66. The molecule has 52 heavy (non-hydrogen) atoms. The Labute approximate surface area is 309 Å². The van der Waals surface area contributed by atoms with Crippen molar-refractivity contribution in [2.75, 3.05) is 20.3 Å². The van der Waals surface area contributed by atoms with E-state index >= 15 is 0 Å². The second kappa shape index (κ2) is 18.1. The van der Waals surface area contributed by atoms with Crippen molar-refractivity contribution < 1.29 is 37.9 Å². The molecule has 1 aliphatic rings. The quantitative estimate of drug-likeness (QED) is 0.109. The van der Waals surface area contributed by atoms with Crippen molar-refractivity contribution in [3.05, 3.63) is 172 Å². The first-order chi connectivity index (χ1) is 25.4. The fourth-order valence-electron chi connectivity index (χ4n) is 6.57. The molecule has 272 valence electrons. The zero-order valence-electron chi connectivity index (χ0n) is 29.3. The molecule has 0 spiro atoms. The van der Waals surface area contributed by atoms with E-state index in [9.17, 15) is 9.50 Å². The highest BCUT2D eigenvalue weighted by molar-refractivity contribution is 6.31. The predicted molar refractivity (Wildman–Crippen MR) is 198 cm³/mol. The SMILES string of the molecule is CCOc1ccc(Cc2cc(C3(OC)OC(CO)C(OCc4ccccc4)C(OCc4ccccc4)C3OCc3ccccc3)ccc2Cl)cc1F. The van der Waals surface area contributed by atoms with Crippen LogP contribution in [0.2, 0.25) is 5.02 Å². The molecular weight excluding hydrogens is 683 g/mol. The highest BCUT2D eigenvalue weighted by Gasteiger charge is 2.58. The van der Waals surface area contributed by atoms with Crippen LogP contribution in [-0.2, 0) is 55.7 Å². The van der Waals surface area contributed by atoms with Gasteiger partial charge >= 0.3 is 0 Å². The molecule has 1 N–H and O–H groups in total. The minimum atomic E-state index is -1.58. The summed E-state index contributed by atoms with van der Waals surface area (Å²) in [6, 6.07) is 39.8. The molecule has 0 bridgehead atoms. The van der Waals surface area contributed by atoms with Crippen LogP contribution in [0.4, 0.5) is 4.39 Å². The predicted octanol–water partition coefficient (Wildman–Crippen LogP) is 8.42. The molecule has 1 saturated heterocycles. The number of ether oxygens (including phenoxy) is 6. The van der Waals surface area contributed by atoms with Crippen molar-refractivity contribution in [2.24, 2.45) is 0 Å². The molecule has 0 amide bonds. The van der Waals surface area contributed by atoms with Crippen LogP contribution < -0.4 is 4.74 Å². The summed E-state index contributed by atoms with van der Waals surface area (Å²) in [7, 11) is 1.54. The van der Waals surface area contributed by atoms with Gasteiger partial charge in [0.2, 0.25) is 5.79 Å². The molecule has 1 aliphatic heterocycles. The van der Waals surface area contributed by atoms with Crippen LogP contribution in [0, 0.1) is 5.82 Å². The van der Waals surface area contributed by atoms with Gasteiger partial charge in [-0.2, -0.15) is 0 Å². The standard InChI is InChI=1S/C43H44ClFO7/c1-3-48-38-22-19-33(24-37(38)45)23-34-25-35(20-21-36(34)44)43(47-2)42(51-29-32-17-11-6-12-18-32)41(50-28-31-15-9-5-10-16-31)40(39(26-46)52-43)49-27-30-13-7-4-8-14-30/h4-22,24-25,39-42,46H,3,23,26-29H2,1-2H3.